The minimum absolute atomic E-state index is 0.0839. The fourth-order valence-corrected chi connectivity index (χ4v) is 4.08. The van der Waals surface area contributed by atoms with Crippen LogP contribution in [0.2, 0.25) is 0 Å². The Morgan fingerprint density at radius 3 is 2.39 bits per heavy atom. The quantitative estimate of drug-likeness (QED) is 0.489. The molecule has 0 bridgehead atoms. The van der Waals surface area contributed by atoms with E-state index in [9.17, 15) is 4.79 Å². The number of hydrogen-bond donors (Lipinski definition) is 1. The SMILES string of the molecule is CC(=O)Nc1ccc(-c2ccc3ncnc(N(c4ccccc4)N4CCOCC4)c3c2)cc1. The summed E-state index contributed by atoms with van der Waals surface area (Å²) in [5, 5.41) is 8.23. The molecular weight excluding hydrogens is 414 g/mol. The predicted molar refractivity (Wildman–Crippen MR) is 130 cm³/mol. The molecule has 7 nitrogen and oxygen atoms in total. The highest BCUT2D eigenvalue weighted by molar-refractivity contribution is 5.94. The average molecular weight is 440 g/mol. The van der Waals surface area contributed by atoms with Gasteiger partial charge in [-0.25, -0.2) is 15.0 Å². The number of benzene rings is 3. The lowest BCUT2D eigenvalue weighted by Crippen LogP contribution is -2.47. The zero-order valence-electron chi connectivity index (χ0n) is 18.4. The Hall–Kier alpha value is -3.81. The third-order valence-corrected chi connectivity index (χ3v) is 5.62. The van der Waals surface area contributed by atoms with Crippen molar-refractivity contribution in [2.24, 2.45) is 0 Å². The lowest BCUT2D eigenvalue weighted by molar-refractivity contribution is -0.114. The van der Waals surface area contributed by atoms with Gasteiger partial charge in [0.1, 0.15) is 6.33 Å². The number of anilines is 3. The van der Waals surface area contributed by atoms with Gasteiger partial charge < -0.3 is 10.1 Å². The van der Waals surface area contributed by atoms with Crippen molar-refractivity contribution in [3.05, 3.63) is 79.1 Å². The van der Waals surface area contributed by atoms with Crippen LogP contribution in [-0.4, -0.2) is 47.2 Å². The molecule has 1 fully saturated rings. The van der Waals surface area contributed by atoms with Gasteiger partial charge in [-0.15, -0.1) is 0 Å². The summed E-state index contributed by atoms with van der Waals surface area (Å²) >= 11 is 0. The van der Waals surface area contributed by atoms with Gasteiger partial charge in [-0.2, -0.15) is 0 Å². The highest BCUT2D eigenvalue weighted by Crippen LogP contribution is 2.34. The van der Waals surface area contributed by atoms with Crippen molar-refractivity contribution < 1.29 is 9.53 Å². The summed E-state index contributed by atoms with van der Waals surface area (Å²) in [4.78, 5) is 20.6. The molecule has 1 aromatic heterocycles. The van der Waals surface area contributed by atoms with Crippen LogP contribution < -0.4 is 10.3 Å². The number of carbonyl (C=O) groups is 1. The molecule has 33 heavy (non-hydrogen) atoms. The summed E-state index contributed by atoms with van der Waals surface area (Å²) < 4.78 is 5.59. The molecule has 0 radical (unpaired) electrons. The zero-order chi connectivity index (χ0) is 22.6. The van der Waals surface area contributed by atoms with E-state index in [0.29, 0.717) is 13.2 Å². The number of hydrazine groups is 1. The fourth-order valence-electron chi connectivity index (χ4n) is 4.08. The van der Waals surface area contributed by atoms with Gasteiger partial charge in [0.05, 0.1) is 24.4 Å². The van der Waals surface area contributed by atoms with Crippen LogP contribution in [0.25, 0.3) is 22.0 Å². The Kier molecular flexibility index (Phi) is 5.97. The molecule has 5 rings (SSSR count). The van der Waals surface area contributed by atoms with Gasteiger partial charge >= 0.3 is 0 Å². The van der Waals surface area contributed by atoms with E-state index in [2.05, 4.69) is 44.6 Å². The highest BCUT2D eigenvalue weighted by Gasteiger charge is 2.24. The first kappa shape index (κ1) is 21.1. The van der Waals surface area contributed by atoms with Gasteiger partial charge in [0.2, 0.25) is 5.91 Å². The molecule has 0 atom stereocenters. The molecule has 7 heteroatoms. The van der Waals surface area contributed by atoms with E-state index in [1.54, 1.807) is 6.33 Å². The van der Waals surface area contributed by atoms with Crippen LogP contribution in [0.4, 0.5) is 17.2 Å². The van der Waals surface area contributed by atoms with Gasteiger partial charge in [0.15, 0.2) is 5.82 Å². The number of fused-ring (bicyclic) bond motifs is 1. The summed E-state index contributed by atoms with van der Waals surface area (Å²) in [6.45, 7) is 4.43. The van der Waals surface area contributed by atoms with E-state index >= 15 is 0 Å². The molecule has 1 saturated heterocycles. The van der Waals surface area contributed by atoms with E-state index in [0.717, 1.165) is 52.3 Å². The molecular formula is C26H25N5O2. The monoisotopic (exact) mass is 439 g/mol. The number of rotatable bonds is 5. The van der Waals surface area contributed by atoms with Crippen LogP contribution in [0.15, 0.2) is 79.1 Å². The Morgan fingerprint density at radius 1 is 0.939 bits per heavy atom. The van der Waals surface area contributed by atoms with E-state index in [-0.39, 0.29) is 5.91 Å². The molecule has 2 heterocycles. The first-order valence-electron chi connectivity index (χ1n) is 11.0. The van der Waals surface area contributed by atoms with Gasteiger partial charge in [-0.05, 0) is 47.5 Å². The van der Waals surface area contributed by atoms with Crippen molar-refractivity contribution in [3.63, 3.8) is 0 Å². The average Bonchev–Trinajstić information content (AvgIpc) is 2.86. The van der Waals surface area contributed by atoms with Crippen LogP contribution in [-0.2, 0) is 9.53 Å². The number of nitrogens with one attached hydrogen (secondary N) is 1. The van der Waals surface area contributed by atoms with Crippen LogP contribution >= 0.6 is 0 Å². The molecule has 0 saturated carbocycles. The summed E-state index contributed by atoms with van der Waals surface area (Å²) in [6, 6.07) is 24.3. The van der Waals surface area contributed by atoms with Gasteiger partial charge in [-0.3, -0.25) is 9.80 Å². The van der Waals surface area contributed by atoms with Crippen molar-refractivity contribution in [2.45, 2.75) is 6.92 Å². The summed E-state index contributed by atoms with van der Waals surface area (Å²) in [6.07, 6.45) is 1.62. The van der Waals surface area contributed by atoms with Crippen molar-refractivity contribution in [2.75, 3.05) is 36.6 Å². The number of para-hydroxylation sites is 1. The third-order valence-electron chi connectivity index (χ3n) is 5.62. The van der Waals surface area contributed by atoms with Crippen molar-refractivity contribution in [3.8, 4) is 11.1 Å². The number of hydrogen-bond acceptors (Lipinski definition) is 6. The Balaban J connectivity index is 1.59. The van der Waals surface area contributed by atoms with Crippen LogP contribution in [0, 0.1) is 0 Å². The molecule has 4 aromatic rings. The Bertz CT molecular complexity index is 1250. The lowest BCUT2D eigenvalue weighted by atomic mass is 10.0. The van der Waals surface area contributed by atoms with E-state index in [4.69, 9.17) is 9.72 Å². The van der Waals surface area contributed by atoms with Crippen LogP contribution in [0.3, 0.4) is 0 Å². The number of carbonyl (C=O) groups excluding carboxylic acids is 1. The van der Waals surface area contributed by atoms with Gasteiger partial charge in [-0.1, -0.05) is 36.4 Å². The standard InChI is InChI=1S/C26H25N5O2/c1-19(32)29-22-10-7-20(8-11-22)21-9-12-25-24(17-21)26(28-18-27-25)31(23-5-3-2-4-6-23)30-13-15-33-16-14-30/h2-12,17-18H,13-16H2,1H3,(H,29,32). The largest absolute Gasteiger partial charge is 0.379 e. The molecule has 3 aromatic carbocycles. The van der Waals surface area contributed by atoms with Crippen molar-refractivity contribution in [1.29, 1.82) is 0 Å². The summed E-state index contributed by atoms with van der Waals surface area (Å²) in [5.41, 5.74) is 4.82. The van der Waals surface area contributed by atoms with Gasteiger partial charge in [0.25, 0.3) is 0 Å². The smallest absolute Gasteiger partial charge is 0.221 e. The number of amides is 1. The second-order valence-corrected chi connectivity index (χ2v) is 7.90. The predicted octanol–water partition coefficient (Wildman–Crippen LogP) is 4.64. The minimum atomic E-state index is -0.0839. The lowest BCUT2D eigenvalue weighted by Gasteiger charge is -2.38. The molecule has 0 spiro atoms. The number of nitrogens with zero attached hydrogens (tertiary/aromatic N) is 4. The maximum Gasteiger partial charge on any atom is 0.221 e. The molecule has 1 aliphatic heterocycles. The minimum Gasteiger partial charge on any atom is -0.379 e. The van der Waals surface area contributed by atoms with Crippen LogP contribution in [0.1, 0.15) is 6.92 Å². The fraction of sp³-hybridized carbons (Fsp3) is 0.192. The Morgan fingerprint density at radius 2 is 1.67 bits per heavy atom. The van der Waals surface area contributed by atoms with E-state index in [1.807, 2.05) is 48.5 Å². The molecule has 0 unspecified atom stereocenters. The summed E-state index contributed by atoms with van der Waals surface area (Å²) in [7, 11) is 0. The number of aromatic nitrogens is 2. The first-order chi connectivity index (χ1) is 16.2. The third kappa shape index (κ3) is 4.55. The van der Waals surface area contributed by atoms with E-state index < -0.39 is 0 Å². The highest BCUT2D eigenvalue weighted by atomic mass is 16.5. The topological polar surface area (TPSA) is 70.6 Å². The zero-order valence-corrected chi connectivity index (χ0v) is 18.4. The van der Waals surface area contributed by atoms with Gasteiger partial charge in [0, 0.05) is 31.1 Å². The Labute approximate surface area is 192 Å². The first-order valence-corrected chi connectivity index (χ1v) is 11.0. The molecule has 1 aliphatic rings. The maximum absolute atomic E-state index is 11.3. The maximum atomic E-state index is 11.3. The molecule has 1 amide bonds. The molecule has 1 N–H and O–H groups in total. The van der Waals surface area contributed by atoms with Crippen molar-refractivity contribution in [1.82, 2.24) is 15.0 Å². The molecule has 166 valence electrons. The second kappa shape index (κ2) is 9.36. The van der Waals surface area contributed by atoms with E-state index in [1.165, 1.54) is 6.92 Å². The van der Waals surface area contributed by atoms with Crippen LogP contribution in [0.5, 0.6) is 0 Å². The second-order valence-electron chi connectivity index (χ2n) is 7.90. The molecule has 0 aliphatic carbocycles. The normalized spacial score (nSPS) is 14.2. The number of morpholine rings is 1. The number of ether oxygens (including phenoxy) is 1. The summed E-state index contributed by atoms with van der Waals surface area (Å²) in [5.74, 6) is 0.754. The van der Waals surface area contributed by atoms with Crippen molar-refractivity contribution >= 4 is 34.0 Å².